The third kappa shape index (κ3) is 3.21. The molecule has 1 saturated carbocycles. The highest BCUT2D eigenvalue weighted by atomic mass is 16.5. The summed E-state index contributed by atoms with van der Waals surface area (Å²) in [6.07, 6.45) is 5.96. The second-order valence-electron chi connectivity index (χ2n) is 5.91. The van der Waals surface area contributed by atoms with Crippen LogP contribution in [0.15, 0.2) is 24.3 Å². The van der Waals surface area contributed by atoms with E-state index in [1.54, 1.807) is 0 Å². The molecule has 3 rings (SSSR count). The van der Waals surface area contributed by atoms with Gasteiger partial charge in [-0.3, -0.25) is 9.69 Å². The molecule has 3 heteroatoms. The molecule has 0 N–H and O–H groups in total. The van der Waals surface area contributed by atoms with Crippen LogP contribution in [0.1, 0.15) is 42.5 Å². The second kappa shape index (κ2) is 6.40. The van der Waals surface area contributed by atoms with Crippen LogP contribution in [-0.4, -0.2) is 36.9 Å². The minimum Gasteiger partial charge on any atom is -0.492 e. The SMILES string of the molecule is O=C(c1ccc(OCCN2CCCC2)cc1)C1CCC1. The van der Waals surface area contributed by atoms with Crippen molar-refractivity contribution in [1.29, 1.82) is 0 Å². The van der Waals surface area contributed by atoms with E-state index in [2.05, 4.69) is 4.90 Å². The van der Waals surface area contributed by atoms with E-state index in [4.69, 9.17) is 4.74 Å². The van der Waals surface area contributed by atoms with E-state index in [-0.39, 0.29) is 5.92 Å². The smallest absolute Gasteiger partial charge is 0.165 e. The average molecular weight is 273 g/mol. The van der Waals surface area contributed by atoms with Crippen LogP contribution in [0.2, 0.25) is 0 Å². The molecular formula is C17H23NO2. The first-order valence-corrected chi connectivity index (χ1v) is 7.82. The summed E-state index contributed by atoms with van der Waals surface area (Å²) in [6, 6.07) is 7.67. The van der Waals surface area contributed by atoms with Crippen molar-refractivity contribution in [2.24, 2.45) is 5.92 Å². The Kier molecular flexibility index (Phi) is 4.36. The Bertz CT molecular complexity index is 445. The van der Waals surface area contributed by atoms with Gasteiger partial charge in [0.1, 0.15) is 12.4 Å². The minimum absolute atomic E-state index is 0.275. The van der Waals surface area contributed by atoms with Crippen molar-refractivity contribution in [2.75, 3.05) is 26.2 Å². The van der Waals surface area contributed by atoms with Crippen molar-refractivity contribution >= 4 is 5.78 Å². The first-order valence-electron chi connectivity index (χ1n) is 7.82. The maximum atomic E-state index is 12.1. The molecule has 2 fully saturated rings. The highest BCUT2D eigenvalue weighted by Crippen LogP contribution is 2.30. The van der Waals surface area contributed by atoms with E-state index < -0.39 is 0 Å². The van der Waals surface area contributed by atoms with Crippen LogP contribution in [0.3, 0.4) is 0 Å². The highest BCUT2D eigenvalue weighted by Gasteiger charge is 2.25. The molecule has 0 unspecified atom stereocenters. The average Bonchev–Trinajstić information content (AvgIpc) is 2.91. The van der Waals surface area contributed by atoms with Gasteiger partial charge >= 0.3 is 0 Å². The molecule has 0 spiro atoms. The van der Waals surface area contributed by atoms with E-state index in [1.165, 1.54) is 32.4 Å². The van der Waals surface area contributed by atoms with Gasteiger partial charge in [-0.25, -0.2) is 0 Å². The molecule has 1 heterocycles. The van der Waals surface area contributed by atoms with Crippen molar-refractivity contribution in [2.45, 2.75) is 32.1 Å². The minimum atomic E-state index is 0.275. The Balaban J connectivity index is 1.46. The molecule has 108 valence electrons. The lowest BCUT2D eigenvalue weighted by Crippen LogP contribution is -2.25. The van der Waals surface area contributed by atoms with Crippen LogP contribution in [0, 0.1) is 5.92 Å². The topological polar surface area (TPSA) is 29.5 Å². The number of ketones is 1. The normalized spacial score (nSPS) is 19.8. The summed E-state index contributed by atoms with van der Waals surface area (Å²) in [5.41, 5.74) is 0.835. The summed E-state index contributed by atoms with van der Waals surface area (Å²) in [5.74, 6) is 1.45. The Hall–Kier alpha value is -1.35. The van der Waals surface area contributed by atoms with Crippen molar-refractivity contribution in [3.05, 3.63) is 29.8 Å². The number of carbonyl (C=O) groups excluding carboxylic acids is 1. The zero-order valence-corrected chi connectivity index (χ0v) is 12.0. The first-order chi connectivity index (χ1) is 9.83. The van der Waals surface area contributed by atoms with Crippen molar-refractivity contribution in [3.8, 4) is 5.75 Å². The fourth-order valence-corrected chi connectivity index (χ4v) is 2.92. The summed E-state index contributed by atoms with van der Waals surface area (Å²) >= 11 is 0. The lowest BCUT2D eigenvalue weighted by molar-refractivity contribution is 0.0855. The van der Waals surface area contributed by atoms with E-state index in [1.807, 2.05) is 24.3 Å². The van der Waals surface area contributed by atoms with Gasteiger partial charge in [0.2, 0.25) is 0 Å². The van der Waals surface area contributed by atoms with Gasteiger partial charge in [0.05, 0.1) is 0 Å². The number of likely N-dealkylation sites (tertiary alicyclic amines) is 1. The summed E-state index contributed by atoms with van der Waals surface area (Å²) in [4.78, 5) is 14.5. The standard InChI is InChI=1S/C17H23NO2/c19-17(14-4-3-5-14)15-6-8-16(9-7-15)20-13-12-18-10-1-2-11-18/h6-9,14H,1-5,10-13H2. The fourth-order valence-electron chi connectivity index (χ4n) is 2.92. The van der Waals surface area contributed by atoms with Crippen LogP contribution in [-0.2, 0) is 0 Å². The van der Waals surface area contributed by atoms with Crippen LogP contribution in [0.5, 0.6) is 5.75 Å². The number of nitrogens with zero attached hydrogens (tertiary/aromatic N) is 1. The molecule has 0 aromatic heterocycles. The number of hydrogen-bond acceptors (Lipinski definition) is 3. The van der Waals surface area contributed by atoms with E-state index >= 15 is 0 Å². The Morgan fingerprint density at radius 3 is 2.40 bits per heavy atom. The number of benzene rings is 1. The number of rotatable bonds is 6. The highest BCUT2D eigenvalue weighted by molar-refractivity contribution is 5.98. The van der Waals surface area contributed by atoms with Crippen molar-refractivity contribution in [3.63, 3.8) is 0 Å². The molecule has 2 aliphatic rings. The van der Waals surface area contributed by atoms with Gasteiger partial charge in [0.25, 0.3) is 0 Å². The maximum absolute atomic E-state index is 12.1. The van der Waals surface area contributed by atoms with Gasteiger partial charge in [0, 0.05) is 18.0 Å². The molecule has 1 aromatic carbocycles. The Morgan fingerprint density at radius 2 is 1.80 bits per heavy atom. The van der Waals surface area contributed by atoms with Gasteiger partial charge in [-0.05, 0) is 63.0 Å². The molecule has 1 aliphatic heterocycles. The fraction of sp³-hybridized carbons (Fsp3) is 0.588. The molecule has 1 aliphatic carbocycles. The number of carbonyl (C=O) groups is 1. The molecular weight excluding hydrogens is 250 g/mol. The summed E-state index contributed by atoms with van der Waals surface area (Å²) in [6.45, 7) is 4.15. The van der Waals surface area contributed by atoms with Crippen LogP contribution in [0.25, 0.3) is 0 Å². The van der Waals surface area contributed by atoms with Crippen LogP contribution < -0.4 is 4.74 Å². The number of Topliss-reactive ketones (excluding diaryl/α,β-unsaturated/α-hetero) is 1. The second-order valence-corrected chi connectivity index (χ2v) is 5.91. The largest absolute Gasteiger partial charge is 0.492 e. The third-order valence-corrected chi connectivity index (χ3v) is 4.49. The Morgan fingerprint density at radius 1 is 1.10 bits per heavy atom. The van der Waals surface area contributed by atoms with Crippen LogP contribution in [0.4, 0.5) is 0 Å². The molecule has 3 nitrogen and oxygen atoms in total. The predicted molar refractivity (Wildman–Crippen MR) is 79.3 cm³/mol. The maximum Gasteiger partial charge on any atom is 0.165 e. The van der Waals surface area contributed by atoms with E-state index in [9.17, 15) is 4.79 Å². The van der Waals surface area contributed by atoms with Gasteiger partial charge in [0.15, 0.2) is 5.78 Å². The van der Waals surface area contributed by atoms with Gasteiger partial charge < -0.3 is 4.74 Å². The molecule has 1 saturated heterocycles. The molecule has 0 atom stereocenters. The number of hydrogen-bond donors (Lipinski definition) is 0. The lowest BCUT2D eigenvalue weighted by Gasteiger charge is -2.23. The van der Waals surface area contributed by atoms with Gasteiger partial charge in [-0.1, -0.05) is 6.42 Å². The van der Waals surface area contributed by atoms with Gasteiger partial charge in [-0.15, -0.1) is 0 Å². The van der Waals surface area contributed by atoms with Gasteiger partial charge in [-0.2, -0.15) is 0 Å². The zero-order chi connectivity index (χ0) is 13.8. The summed E-state index contributed by atoms with van der Waals surface area (Å²) < 4.78 is 5.75. The molecule has 20 heavy (non-hydrogen) atoms. The van der Waals surface area contributed by atoms with E-state index in [0.717, 1.165) is 37.3 Å². The van der Waals surface area contributed by atoms with Crippen molar-refractivity contribution < 1.29 is 9.53 Å². The predicted octanol–water partition coefficient (Wildman–Crippen LogP) is 3.14. The molecule has 1 aromatic rings. The zero-order valence-electron chi connectivity index (χ0n) is 12.0. The monoisotopic (exact) mass is 273 g/mol. The quantitative estimate of drug-likeness (QED) is 0.746. The third-order valence-electron chi connectivity index (χ3n) is 4.49. The lowest BCUT2D eigenvalue weighted by atomic mass is 9.80. The van der Waals surface area contributed by atoms with Crippen LogP contribution >= 0.6 is 0 Å². The van der Waals surface area contributed by atoms with Crippen molar-refractivity contribution in [1.82, 2.24) is 4.90 Å². The van der Waals surface area contributed by atoms with E-state index in [0.29, 0.717) is 5.78 Å². The molecule has 0 bridgehead atoms. The molecule has 0 radical (unpaired) electrons. The summed E-state index contributed by atoms with van der Waals surface area (Å²) in [5, 5.41) is 0. The molecule has 0 amide bonds. The first kappa shape index (κ1) is 13.6. The summed E-state index contributed by atoms with van der Waals surface area (Å²) in [7, 11) is 0. The number of ether oxygens (including phenoxy) is 1. The Labute approximate surface area is 120 Å².